The van der Waals surface area contributed by atoms with Crippen LogP contribution in [-0.4, -0.2) is 21.1 Å². The summed E-state index contributed by atoms with van der Waals surface area (Å²) < 4.78 is 0.324. The van der Waals surface area contributed by atoms with Gasteiger partial charge in [0.2, 0.25) is 5.91 Å². The number of nitrogens with zero attached hydrogens (tertiary/aromatic N) is 1. The van der Waals surface area contributed by atoms with Crippen molar-refractivity contribution in [2.45, 2.75) is 33.1 Å². The number of rotatable bonds is 6. The van der Waals surface area contributed by atoms with E-state index in [1.807, 2.05) is 49.4 Å². The molecule has 0 radical (unpaired) electrons. The first-order valence-corrected chi connectivity index (χ1v) is 10.8. The lowest BCUT2D eigenvalue weighted by Gasteiger charge is -2.19. The van der Waals surface area contributed by atoms with Gasteiger partial charge in [-0.15, -0.1) is 0 Å². The Morgan fingerprint density at radius 2 is 1.76 bits per heavy atom. The molecule has 3 rings (SSSR count). The molecule has 2 aromatic rings. The molecule has 1 unspecified atom stereocenters. The van der Waals surface area contributed by atoms with Gasteiger partial charge < -0.3 is 0 Å². The van der Waals surface area contributed by atoms with Crippen LogP contribution in [0.15, 0.2) is 59.5 Å². The third-order valence-electron chi connectivity index (χ3n) is 4.63. The van der Waals surface area contributed by atoms with Crippen molar-refractivity contribution in [1.29, 1.82) is 0 Å². The molecule has 1 heterocycles. The minimum absolute atomic E-state index is 0.265. The highest BCUT2D eigenvalue weighted by molar-refractivity contribution is 8.26. The highest BCUT2D eigenvalue weighted by Gasteiger charge is 2.34. The highest BCUT2D eigenvalue weighted by atomic mass is 32.2. The van der Waals surface area contributed by atoms with Crippen molar-refractivity contribution in [3.05, 3.63) is 76.2 Å². The van der Waals surface area contributed by atoms with Gasteiger partial charge in [0.05, 0.1) is 10.8 Å². The van der Waals surface area contributed by atoms with E-state index in [0.717, 1.165) is 17.5 Å². The molecule has 1 saturated heterocycles. The minimum Gasteiger partial charge on any atom is -0.273 e. The van der Waals surface area contributed by atoms with Crippen LogP contribution in [-0.2, 0) is 16.0 Å². The summed E-state index contributed by atoms with van der Waals surface area (Å²) in [6.45, 7) is 6.18. The van der Waals surface area contributed by atoms with Crippen molar-refractivity contribution in [3.8, 4) is 0 Å². The zero-order chi connectivity index (χ0) is 21.0. The zero-order valence-corrected chi connectivity index (χ0v) is 18.3. The number of hydrogen-bond donors (Lipinski definition) is 1. The van der Waals surface area contributed by atoms with E-state index in [2.05, 4.69) is 31.4 Å². The molecule has 1 atom stereocenters. The predicted molar refractivity (Wildman–Crippen MR) is 123 cm³/mol. The number of thioether (sulfide) groups is 1. The van der Waals surface area contributed by atoms with Gasteiger partial charge in [-0.05, 0) is 54.2 Å². The Labute approximate surface area is 181 Å². The van der Waals surface area contributed by atoms with Gasteiger partial charge in [0.25, 0.3) is 5.91 Å². The van der Waals surface area contributed by atoms with E-state index in [-0.39, 0.29) is 11.8 Å². The second-order valence-electron chi connectivity index (χ2n) is 7.47. The van der Waals surface area contributed by atoms with Gasteiger partial charge >= 0.3 is 0 Å². The predicted octanol–water partition coefficient (Wildman–Crippen LogP) is 4.92. The molecule has 1 aliphatic rings. The monoisotopic (exact) mass is 424 g/mol. The number of carbonyl (C=O) groups is 2. The second-order valence-corrected chi connectivity index (χ2v) is 9.14. The Morgan fingerprint density at radius 1 is 1.10 bits per heavy atom. The van der Waals surface area contributed by atoms with Gasteiger partial charge in [0, 0.05) is 0 Å². The van der Waals surface area contributed by atoms with Gasteiger partial charge in [-0.1, -0.05) is 80.2 Å². The van der Waals surface area contributed by atoms with Gasteiger partial charge in [0.15, 0.2) is 4.32 Å². The molecule has 1 aliphatic heterocycles. The zero-order valence-electron chi connectivity index (χ0n) is 16.7. The third kappa shape index (κ3) is 5.34. The molecule has 0 bridgehead atoms. The van der Waals surface area contributed by atoms with Crippen molar-refractivity contribution in [2.24, 2.45) is 5.92 Å². The lowest BCUT2D eigenvalue weighted by atomic mass is 9.96. The summed E-state index contributed by atoms with van der Waals surface area (Å²) in [5.74, 6) is -0.388. The number of thiocarbonyl (C=S) groups is 1. The molecule has 150 valence electrons. The Hall–Kier alpha value is -2.44. The number of nitrogens with one attached hydrogen (secondary N) is 1. The van der Waals surface area contributed by atoms with Crippen LogP contribution in [0.5, 0.6) is 0 Å². The Morgan fingerprint density at radius 3 is 2.38 bits per heavy atom. The number of amides is 2. The topological polar surface area (TPSA) is 49.4 Å². The van der Waals surface area contributed by atoms with E-state index in [4.69, 9.17) is 12.2 Å². The number of benzene rings is 2. The van der Waals surface area contributed by atoms with Crippen molar-refractivity contribution < 1.29 is 9.59 Å². The molecular weight excluding hydrogens is 400 g/mol. The molecule has 1 fully saturated rings. The SMILES string of the molecule is CC(C)Cc1ccc(C(C)C(=O)NN2C(=O)/C(=C/c3ccccc3)SC2=S)cc1. The van der Waals surface area contributed by atoms with Crippen LogP contribution in [0.25, 0.3) is 6.08 Å². The maximum Gasteiger partial charge on any atom is 0.285 e. The number of carbonyl (C=O) groups excluding carboxylic acids is 2. The Kier molecular flexibility index (Phi) is 6.87. The average molecular weight is 425 g/mol. The Balaban J connectivity index is 1.67. The van der Waals surface area contributed by atoms with E-state index in [1.165, 1.54) is 22.3 Å². The Bertz CT molecular complexity index is 937. The van der Waals surface area contributed by atoms with Crippen molar-refractivity contribution in [3.63, 3.8) is 0 Å². The van der Waals surface area contributed by atoms with Crippen molar-refractivity contribution >= 4 is 46.2 Å². The molecule has 0 aliphatic carbocycles. The van der Waals surface area contributed by atoms with E-state index >= 15 is 0 Å². The maximum atomic E-state index is 12.7. The molecule has 0 spiro atoms. The minimum atomic E-state index is -0.397. The molecular formula is C23H24N2O2S2. The molecule has 0 aromatic heterocycles. The first-order valence-electron chi connectivity index (χ1n) is 9.57. The van der Waals surface area contributed by atoms with Gasteiger partial charge in [0.1, 0.15) is 0 Å². The fraction of sp³-hybridized carbons (Fsp3) is 0.261. The lowest BCUT2D eigenvalue weighted by Crippen LogP contribution is -2.46. The van der Waals surface area contributed by atoms with E-state index in [0.29, 0.717) is 15.1 Å². The largest absolute Gasteiger partial charge is 0.285 e. The van der Waals surface area contributed by atoms with Crippen LogP contribution in [0.3, 0.4) is 0 Å². The fourth-order valence-corrected chi connectivity index (χ4v) is 4.22. The van der Waals surface area contributed by atoms with Crippen LogP contribution in [0.4, 0.5) is 0 Å². The van der Waals surface area contributed by atoms with Crippen LogP contribution in [0.1, 0.15) is 43.4 Å². The van der Waals surface area contributed by atoms with Crippen LogP contribution in [0.2, 0.25) is 0 Å². The van der Waals surface area contributed by atoms with E-state index < -0.39 is 5.92 Å². The van der Waals surface area contributed by atoms with Crippen LogP contribution >= 0.6 is 24.0 Å². The summed E-state index contributed by atoms with van der Waals surface area (Å²) in [5.41, 5.74) is 5.74. The smallest absolute Gasteiger partial charge is 0.273 e. The normalized spacial score (nSPS) is 16.6. The molecule has 29 heavy (non-hydrogen) atoms. The van der Waals surface area contributed by atoms with Gasteiger partial charge in [-0.2, -0.15) is 5.01 Å². The lowest BCUT2D eigenvalue weighted by molar-refractivity contribution is -0.133. The van der Waals surface area contributed by atoms with Crippen LogP contribution in [0, 0.1) is 5.92 Å². The summed E-state index contributed by atoms with van der Waals surface area (Å²) in [5, 5.41) is 1.17. The first-order chi connectivity index (χ1) is 13.8. The van der Waals surface area contributed by atoms with Gasteiger partial charge in [-0.25, -0.2) is 0 Å². The fourth-order valence-electron chi connectivity index (χ4n) is 3.04. The highest BCUT2D eigenvalue weighted by Crippen LogP contribution is 2.31. The molecule has 2 amide bonds. The molecule has 6 heteroatoms. The number of hydrogen-bond acceptors (Lipinski definition) is 4. The summed E-state index contributed by atoms with van der Waals surface area (Å²) in [7, 11) is 0. The van der Waals surface area contributed by atoms with Crippen molar-refractivity contribution in [2.75, 3.05) is 0 Å². The molecule has 2 aromatic carbocycles. The molecule has 1 N–H and O–H groups in total. The summed E-state index contributed by atoms with van der Waals surface area (Å²) in [4.78, 5) is 25.9. The van der Waals surface area contributed by atoms with Crippen LogP contribution < -0.4 is 5.43 Å². The van der Waals surface area contributed by atoms with Crippen molar-refractivity contribution in [1.82, 2.24) is 10.4 Å². The molecule has 0 saturated carbocycles. The van der Waals surface area contributed by atoms with E-state index in [1.54, 1.807) is 6.08 Å². The molecule has 4 nitrogen and oxygen atoms in total. The average Bonchev–Trinajstić information content (AvgIpc) is 2.95. The van der Waals surface area contributed by atoms with Gasteiger partial charge in [-0.3, -0.25) is 15.0 Å². The standard InChI is InChI=1S/C23H24N2O2S2/c1-15(2)13-18-9-11-19(12-10-18)16(3)21(26)24-25-22(27)20(29-23(25)28)14-17-7-5-4-6-8-17/h4-12,14-16H,13H2,1-3H3,(H,24,26)/b20-14-. The maximum absolute atomic E-state index is 12.7. The third-order valence-corrected chi connectivity index (χ3v) is 5.93. The summed E-state index contributed by atoms with van der Waals surface area (Å²) in [6.07, 6.45) is 2.79. The quantitative estimate of drug-likeness (QED) is 0.528. The summed E-state index contributed by atoms with van der Waals surface area (Å²) in [6, 6.07) is 17.6. The van der Waals surface area contributed by atoms with E-state index in [9.17, 15) is 9.59 Å². The first kappa shape index (κ1) is 21.3. The second kappa shape index (κ2) is 9.37. The number of hydrazine groups is 1. The summed E-state index contributed by atoms with van der Waals surface area (Å²) >= 11 is 6.49.